The van der Waals surface area contributed by atoms with Crippen molar-refractivity contribution in [2.45, 2.75) is 18.4 Å². The molecule has 28 heavy (non-hydrogen) atoms. The fourth-order valence-electron chi connectivity index (χ4n) is 3.07. The van der Waals surface area contributed by atoms with Gasteiger partial charge in [0.2, 0.25) is 5.91 Å². The summed E-state index contributed by atoms with van der Waals surface area (Å²) in [5.41, 5.74) is 9.58. The summed E-state index contributed by atoms with van der Waals surface area (Å²) in [7, 11) is 2.03. The Kier molecular flexibility index (Phi) is 5.91. The minimum Gasteiger partial charge on any atom is -0.481 e. The van der Waals surface area contributed by atoms with Gasteiger partial charge in [0, 0.05) is 30.5 Å². The third-order valence-corrected chi connectivity index (χ3v) is 4.60. The maximum Gasteiger partial charge on any atom is 0.305 e. The van der Waals surface area contributed by atoms with E-state index in [9.17, 15) is 9.59 Å². The van der Waals surface area contributed by atoms with Gasteiger partial charge in [-0.25, -0.2) is 0 Å². The van der Waals surface area contributed by atoms with Crippen LogP contribution in [0.2, 0.25) is 0 Å². The quantitative estimate of drug-likeness (QED) is 0.719. The van der Waals surface area contributed by atoms with E-state index in [1.807, 2.05) is 37.4 Å². The molecule has 0 saturated heterocycles. The van der Waals surface area contributed by atoms with Crippen molar-refractivity contribution in [3.8, 4) is 0 Å². The highest BCUT2D eigenvalue weighted by Gasteiger charge is 2.17. The first-order valence-electron chi connectivity index (χ1n) is 9.00. The number of allylic oxidation sites excluding steroid dienone is 2. The molecule has 0 aromatic heterocycles. The van der Waals surface area contributed by atoms with Gasteiger partial charge in [0.1, 0.15) is 0 Å². The van der Waals surface area contributed by atoms with Crippen molar-refractivity contribution in [2.24, 2.45) is 5.73 Å². The fourth-order valence-corrected chi connectivity index (χ4v) is 3.07. The minimum atomic E-state index is -1.10. The van der Waals surface area contributed by atoms with Crippen LogP contribution >= 0.6 is 0 Å². The zero-order chi connectivity index (χ0) is 20.1. The zero-order valence-electron chi connectivity index (χ0n) is 15.6. The number of nitrogens with one attached hydrogen (secondary N) is 1. The Bertz CT molecular complexity index is 919. The lowest BCUT2D eigenvalue weighted by Crippen LogP contribution is -2.37. The maximum atomic E-state index is 11.9. The van der Waals surface area contributed by atoms with Crippen LogP contribution in [0, 0.1) is 0 Å². The molecule has 1 aliphatic heterocycles. The average Bonchev–Trinajstić information content (AvgIpc) is 2.68. The molecule has 6 heteroatoms. The van der Waals surface area contributed by atoms with E-state index in [0.29, 0.717) is 5.69 Å². The maximum absolute atomic E-state index is 11.9. The van der Waals surface area contributed by atoms with Gasteiger partial charge in [0.05, 0.1) is 12.5 Å². The summed E-state index contributed by atoms with van der Waals surface area (Å²) >= 11 is 0. The summed E-state index contributed by atoms with van der Waals surface area (Å²) in [6.07, 6.45) is 7.99. The number of rotatable bonds is 6. The number of amides is 1. The molecule has 2 atom stereocenters. The van der Waals surface area contributed by atoms with Crippen LogP contribution in [0.15, 0.2) is 66.9 Å². The van der Waals surface area contributed by atoms with Crippen molar-refractivity contribution in [3.63, 3.8) is 0 Å². The molecule has 0 saturated carbocycles. The van der Waals surface area contributed by atoms with E-state index in [-0.39, 0.29) is 5.92 Å². The number of hydrogen-bond donors (Lipinski definition) is 3. The second-order valence-electron chi connectivity index (χ2n) is 6.71. The number of carbonyl (C=O) groups excluding carboxylic acids is 1. The number of fused-ring (bicyclic) bond motifs is 1. The number of carboxylic acid groups (broad SMARTS) is 1. The second-order valence-corrected chi connectivity index (χ2v) is 6.71. The van der Waals surface area contributed by atoms with Gasteiger partial charge in [0.25, 0.3) is 0 Å². The van der Waals surface area contributed by atoms with E-state index in [1.165, 1.54) is 11.3 Å². The van der Waals surface area contributed by atoms with E-state index < -0.39 is 24.3 Å². The van der Waals surface area contributed by atoms with Crippen LogP contribution in [-0.4, -0.2) is 30.1 Å². The molecule has 3 rings (SSSR count). The largest absolute Gasteiger partial charge is 0.481 e. The van der Waals surface area contributed by atoms with E-state index >= 15 is 0 Å². The molecular weight excluding hydrogens is 354 g/mol. The monoisotopic (exact) mass is 377 g/mol. The Balaban J connectivity index is 1.65. The van der Waals surface area contributed by atoms with Crippen LogP contribution in [-0.2, 0) is 9.59 Å². The number of hydrogen-bond acceptors (Lipinski definition) is 4. The van der Waals surface area contributed by atoms with Crippen LogP contribution in [0.4, 0.5) is 11.4 Å². The SMILES string of the molecule is CN1C=CC(/C=C/c2ccc(NC(=O)[C@@H](N)CC(=O)O)cc2)c2ccccc21. The average molecular weight is 377 g/mol. The standard InChI is InChI=1S/C22H23N3O3/c1-25-13-12-16(18-4-2-3-5-20(18)25)9-6-15-7-10-17(11-8-15)24-22(28)19(23)14-21(26)27/h2-13,16,19H,14,23H2,1H3,(H,24,28)(H,26,27)/b9-6+/t16?,19-/m0/s1. The summed E-state index contributed by atoms with van der Waals surface area (Å²) in [5, 5.41) is 11.3. The Morgan fingerprint density at radius 2 is 1.93 bits per heavy atom. The van der Waals surface area contributed by atoms with Gasteiger partial charge in [-0.2, -0.15) is 0 Å². The Hall–Kier alpha value is -3.38. The molecular formula is C22H23N3O3. The van der Waals surface area contributed by atoms with Gasteiger partial charge < -0.3 is 21.1 Å². The Morgan fingerprint density at radius 1 is 1.21 bits per heavy atom. The molecule has 0 spiro atoms. The first kappa shape index (κ1) is 19.4. The first-order chi connectivity index (χ1) is 13.4. The number of nitrogens with two attached hydrogens (primary N) is 1. The van der Waals surface area contributed by atoms with Crippen LogP contribution in [0.25, 0.3) is 6.08 Å². The predicted octanol–water partition coefficient (Wildman–Crippen LogP) is 3.19. The summed E-state index contributed by atoms with van der Waals surface area (Å²) in [6, 6.07) is 14.5. The van der Waals surface area contributed by atoms with Crippen LogP contribution in [0.5, 0.6) is 0 Å². The van der Waals surface area contributed by atoms with Crippen molar-refractivity contribution in [3.05, 3.63) is 78.0 Å². The molecule has 4 N–H and O–H groups in total. The fraction of sp³-hybridized carbons (Fsp3) is 0.182. The van der Waals surface area contributed by atoms with Crippen LogP contribution < -0.4 is 16.0 Å². The summed E-state index contributed by atoms with van der Waals surface area (Å²) in [5.74, 6) is -1.42. The number of benzene rings is 2. The van der Waals surface area contributed by atoms with Gasteiger partial charge in [-0.1, -0.05) is 48.6 Å². The highest BCUT2D eigenvalue weighted by atomic mass is 16.4. The van der Waals surface area contributed by atoms with Crippen molar-refractivity contribution in [1.82, 2.24) is 0 Å². The second kappa shape index (κ2) is 8.54. The van der Waals surface area contributed by atoms with Gasteiger partial charge in [-0.05, 0) is 29.3 Å². The van der Waals surface area contributed by atoms with Gasteiger partial charge in [-0.3, -0.25) is 9.59 Å². The van der Waals surface area contributed by atoms with Crippen molar-refractivity contribution >= 4 is 29.3 Å². The molecule has 6 nitrogen and oxygen atoms in total. The number of carbonyl (C=O) groups is 2. The lowest BCUT2D eigenvalue weighted by Gasteiger charge is -2.26. The van der Waals surface area contributed by atoms with E-state index in [1.54, 1.807) is 12.1 Å². The molecule has 0 aliphatic carbocycles. The number of anilines is 2. The minimum absolute atomic E-state index is 0.195. The summed E-state index contributed by atoms with van der Waals surface area (Å²) < 4.78 is 0. The van der Waals surface area contributed by atoms with Crippen molar-refractivity contribution in [2.75, 3.05) is 17.3 Å². The first-order valence-corrected chi connectivity index (χ1v) is 9.00. The number of aliphatic carboxylic acids is 1. The molecule has 2 aromatic rings. The number of carboxylic acids is 1. The third-order valence-electron chi connectivity index (χ3n) is 4.60. The number of para-hydroxylation sites is 1. The number of nitrogens with zero attached hydrogens (tertiary/aromatic N) is 1. The highest BCUT2D eigenvalue weighted by molar-refractivity contribution is 5.96. The predicted molar refractivity (Wildman–Crippen MR) is 111 cm³/mol. The zero-order valence-corrected chi connectivity index (χ0v) is 15.6. The molecule has 0 radical (unpaired) electrons. The normalized spacial score (nSPS) is 16.6. The topological polar surface area (TPSA) is 95.7 Å². The molecule has 2 aromatic carbocycles. The van der Waals surface area contributed by atoms with Gasteiger partial charge in [-0.15, -0.1) is 0 Å². The van der Waals surface area contributed by atoms with Crippen LogP contribution in [0.3, 0.4) is 0 Å². The molecule has 0 bridgehead atoms. The molecule has 1 amide bonds. The highest BCUT2D eigenvalue weighted by Crippen LogP contribution is 2.33. The molecule has 1 aliphatic rings. The molecule has 0 fully saturated rings. The molecule has 1 unspecified atom stereocenters. The third kappa shape index (κ3) is 4.66. The summed E-state index contributed by atoms with van der Waals surface area (Å²) in [6.45, 7) is 0. The lowest BCUT2D eigenvalue weighted by atomic mass is 9.93. The van der Waals surface area contributed by atoms with Crippen molar-refractivity contribution in [1.29, 1.82) is 0 Å². The van der Waals surface area contributed by atoms with Crippen molar-refractivity contribution < 1.29 is 14.7 Å². The summed E-state index contributed by atoms with van der Waals surface area (Å²) in [4.78, 5) is 24.6. The smallest absolute Gasteiger partial charge is 0.305 e. The Morgan fingerprint density at radius 3 is 2.64 bits per heavy atom. The Labute approximate surface area is 164 Å². The molecule has 144 valence electrons. The molecule has 1 heterocycles. The lowest BCUT2D eigenvalue weighted by molar-refractivity contribution is -0.138. The van der Waals surface area contributed by atoms with Gasteiger partial charge in [0.15, 0.2) is 0 Å². The van der Waals surface area contributed by atoms with E-state index in [2.05, 4.69) is 40.7 Å². The van der Waals surface area contributed by atoms with E-state index in [4.69, 9.17) is 10.8 Å². The van der Waals surface area contributed by atoms with Gasteiger partial charge >= 0.3 is 5.97 Å². The van der Waals surface area contributed by atoms with Crippen LogP contribution in [0.1, 0.15) is 23.5 Å². The van der Waals surface area contributed by atoms with E-state index in [0.717, 1.165) is 5.56 Å².